The van der Waals surface area contributed by atoms with Gasteiger partial charge in [0.05, 0.1) is 16.5 Å². The van der Waals surface area contributed by atoms with Gasteiger partial charge >= 0.3 is 0 Å². The maximum atomic E-state index is 12.5. The van der Waals surface area contributed by atoms with Crippen molar-refractivity contribution in [3.63, 3.8) is 0 Å². The van der Waals surface area contributed by atoms with Crippen LogP contribution in [0, 0.1) is 5.41 Å². The molecule has 0 radical (unpaired) electrons. The van der Waals surface area contributed by atoms with E-state index in [0.29, 0.717) is 10.8 Å². The zero-order valence-electron chi connectivity index (χ0n) is 18.8. The number of ether oxygens (including phenoxy) is 1. The molecule has 34 heavy (non-hydrogen) atoms. The number of nitrogens with one attached hydrogen (secondary N) is 1. The number of aromatic nitrogens is 6. The highest BCUT2D eigenvalue weighted by molar-refractivity contribution is 7.07. The van der Waals surface area contributed by atoms with Crippen molar-refractivity contribution in [3.05, 3.63) is 77.1 Å². The van der Waals surface area contributed by atoms with Gasteiger partial charge in [-0.1, -0.05) is 44.5 Å². The van der Waals surface area contributed by atoms with Crippen molar-refractivity contribution in [2.75, 3.05) is 0 Å². The molecule has 5 rings (SSSR count). The van der Waals surface area contributed by atoms with Gasteiger partial charge in [-0.15, -0.1) is 11.3 Å². The SMILES string of the molecule is CC(C)(C)C(=O)C(Oc1ccc(Cl)cc1)n1cncn1.c1ccc2[nH]c(-c3cscn3)nc2c1. The van der Waals surface area contributed by atoms with Crippen LogP contribution >= 0.6 is 22.9 Å². The Labute approximate surface area is 205 Å². The summed E-state index contributed by atoms with van der Waals surface area (Å²) in [6.07, 6.45) is 1.98. The minimum Gasteiger partial charge on any atom is -0.461 e. The van der Waals surface area contributed by atoms with Gasteiger partial charge in [0.1, 0.15) is 24.1 Å². The van der Waals surface area contributed by atoms with Gasteiger partial charge in [0.2, 0.25) is 5.78 Å². The molecule has 0 spiro atoms. The van der Waals surface area contributed by atoms with Gasteiger partial charge in [0, 0.05) is 15.8 Å². The Morgan fingerprint density at radius 3 is 2.53 bits per heavy atom. The number of para-hydroxylation sites is 2. The molecule has 5 aromatic rings. The number of aromatic amines is 1. The number of benzene rings is 2. The molecule has 0 aliphatic rings. The molecule has 2 aromatic carbocycles. The highest BCUT2D eigenvalue weighted by Gasteiger charge is 2.33. The molecule has 3 aromatic heterocycles. The Kier molecular flexibility index (Phi) is 7.04. The maximum Gasteiger partial charge on any atom is 0.252 e. The molecule has 1 atom stereocenters. The molecule has 0 aliphatic carbocycles. The Bertz CT molecular complexity index is 1310. The van der Waals surface area contributed by atoms with E-state index in [1.807, 2.05) is 55.9 Å². The number of thiazole rings is 1. The number of carbonyl (C=O) groups excluding carboxylic acids is 1. The van der Waals surface area contributed by atoms with Crippen LogP contribution in [-0.2, 0) is 4.79 Å². The van der Waals surface area contributed by atoms with Gasteiger partial charge in [0.25, 0.3) is 6.23 Å². The molecule has 0 aliphatic heterocycles. The third-order valence-electron chi connectivity index (χ3n) is 4.77. The van der Waals surface area contributed by atoms with Crippen molar-refractivity contribution < 1.29 is 9.53 Å². The van der Waals surface area contributed by atoms with Crippen molar-refractivity contribution in [3.8, 4) is 17.3 Å². The van der Waals surface area contributed by atoms with E-state index in [1.54, 1.807) is 35.6 Å². The molecule has 1 N–H and O–H groups in total. The van der Waals surface area contributed by atoms with E-state index in [-0.39, 0.29) is 5.78 Å². The van der Waals surface area contributed by atoms with Crippen LogP contribution in [0.25, 0.3) is 22.6 Å². The van der Waals surface area contributed by atoms with Crippen molar-refractivity contribution in [2.24, 2.45) is 5.41 Å². The smallest absolute Gasteiger partial charge is 0.252 e. The van der Waals surface area contributed by atoms with E-state index in [1.165, 1.54) is 17.3 Å². The summed E-state index contributed by atoms with van der Waals surface area (Å²) in [7, 11) is 0. The lowest BCUT2D eigenvalue weighted by Gasteiger charge is -2.25. The number of carbonyl (C=O) groups is 1. The number of hydrogen-bond donors (Lipinski definition) is 1. The summed E-state index contributed by atoms with van der Waals surface area (Å²) in [5, 5.41) is 6.59. The lowest BCUT2D eigenvalue weighted by Crippen LogP contribution is -2.34. The summed E-state index contributed by atoms with van der Waals surface area (Å²) >= 11 is 7.41. The fourth-order valence-electron chi connectivity index (χ4n) is 2.98. The summed E-state index contributed by atoms with van der Waals surface area (Å²) in [6, 6.07) is 14.8. The molecule has 0 bridgehead atoms. The van der Waals surface area contributed by atoms with Gasteiger partial charge in [0.15, 0.2) is 5.82 Å². The van der Waals surface area contributed by atoms with E-state index >= 15 is 0 Å². The van der Waals surface area contributed by atoms with Crippen LogP contribution < -0.4 is 4.74 Å². The first-order valence-electron chi connectivity index (χ1n) is 10.5. The number of imidazole rings is 1. The minimum atomic E-state index is -0.848. The molecule has 0 fully saturated rings. The average Bonchev–Trinajstić information content (AvgIpc) is 3.59. The standard InChI is InChI=1S/C14H16ClN3O2.C10H7N3S/c1-14(2,3)12(19)13(18-9-16-8-17-18)20-11-6-4-10(15)5-7-11;1-2-4-8-7(3-1)12-10(13-8)9-5-14-6-11-9/h4-9,13H,1-3H3;1-6H,(H,12,13). The number of H-pyrrole nitrogens is 1. The fourth-order valence-corrected chi connectivity index (χ4v) is 3.64. The molecule has 10 heteroatoms. The second-order valence-electron chi connectivity index (χ2n) is 8.39. The molecule has 0 amide bonds. The average molecular weight is 495 g/mol. The molecule has 3 heterocycles. The summed E-state index contributed by atoms with van der Waals surface area (Å²) in [5.74, 6) is 1.30. The Hall–Kier alpha value is -3.56. The van der Waals surface area contributed by atoms with E-state index < -0.39 is 11.6 Å². The van der Waals surface area contributed by atoms with Crippen LogP contribution in [0.15, 0.2) is 72.1 Å². The number of rotatable bonds is 5. The third kappa shape index (κ3) is 5.67. The number of Topliss-reactive ketones (excluding diaryl/α,β-unsaturated/α-hetero) is 1. The molecule has 0 saturated heterocycles. The van der Waals surface area contributed by atoms with Crippen molar-refractivity contribution in [1.82, 2.24) is 29.7 Å². The molecule has 8 nitrogen and oxygen atoms in total. The van der Waals surface area contributed by atoms with Crippen LogP contribution in [-0.4, -0.2) is 35.5 Å². The Morgan fingerprint density at radius 1 is 1.15 bits per heavy atom. The molecular weight excluding hydrogens is 472 g/mol. The summed E-state index contributed by atoms with van der Waals surface area (Å²) in [4.78, 5) is 28.2. The van der Waals surface area contributed by atoms with E-state index in [9.17, 15) is 4.79 Å². The van der Waals surface area contributed by atoms with Crippen LogP contribution in [0.4, 0.5) is 0 Å². The fraction of sp³-hybridized carbons (Fsp3) is 0.208. The van der Waals surface area contributed by atoms with Crippen molar-refractivity contribution in [2.45, 2.75) is 27.0 Å². The molecule has 1 unspecified atom stereocenters. The predicted octanol–water partition coefficient (Wildman–Crippen LogP) is 5.81. The van der Waals surface area contributed by atoms with Crippen molar-refractivity contribution in [1.29, 1.82) is 0 Å². The topological polar surface area (TPSA) is 98.6 Å². The van der Waals surface area contributed by atoms with E-state index in [2.05, 4.69) is 25.0 Å². The number of halogens is 1. The van der Waals surface area contributed by atoms with Gasteiger partial charge in [-0.2, -0.15) is 5.10 Å². The van der Waals surface area contributed by atoms with E-state index in [0.717, 1.165) is 22.6 Å². The van der Waals surface area contributed by atoms with Gasteiger partial charge < -0.3 is 9.72 Å². The Balaban J connectivity index is 0.000000170. The largest absolute Gasteiger partial charge is 0.461 e. The van der Waals surface area contributed by atoms with Crippen LogP contribution in [0.2, 0.25) is 5.02 Å². The number of hydrogen-bond acceptors (Lipinski definition) is 7. The van der Waals surface area contributed by atoms with Crippen LogP contribution in [0.1, 0.15) is 27.0 Å². The molecule has 174 valence electrons. The number of ketones is 1. The second kappa shape index (κ2) is 10.1. The van der Waals surface area contributed by atoms with Gasteiger partial charge in [-0.25, -0.2) is 19.6 Å². The van der Waals surface area contributed by atoms with Crippen LogP contribution in [0.3, 0.4) is 0 Å². The monoisotopic (exact) mass is 494 g/mol. The lowest BCUT2D eigenvalue weighted by molar-refractivity contribution is -0.138. The normalized spacial score (nSPS) is 12.1. The maximum absolute atomic E-state index is 12.5. The summed E-state index contributed by atoms with van der Waals surface area (Å²) in [5.41, 5.74) is 4.20. The third-order valence-corrected chi connectivity index (χ3v) is 5.60. The number of fused-ring (bicyclic) bond motifs is 1. The molecule has 0 saturated carbocycles. The Morgan fingerprint density at radius 2 is 1.91 bits per heavy atom. The van der Waals surface area contributed by atoms with Crippen molar-refractivity contribution >= 4 is 39.8 Å². The predicted molar refractivity (Wildman–Crippen MR) is 133 cm³/mol. The number of nitrogens with zero attached hydrogens (tertiary/aromatic N) is 5. The first-order chi connectivity index (χ1) is 16.3. The van der Waals surface area contributed by atoms with Gasteiger partial charge in [-0.05, 0) is 36.4 Å². The zero-order valence-corrected chi connectivity index (χ0v) is 20.4. The first kappa shape index (κ1) is 23.6. The summed E-state index contributed by atoms with van der Waals surface area (Å²) < 4.78 is 7.16. The first-order valence-corrected chi connectivity index (χ1v) is 11.8. The molecular formula is C24H23ClN6O2S. The highest BCUT2D eigenvalue weighted by Crippen LogP contribution is 2.27. The highest BCUT2D eigenvalue weighted by atomic mass is 35.5. The lowest BCUT2D eigenvalue weighted by atomic mass is 9.90. The minimum absolute atomic E-state index is 0.0852. The van der Waals surface area contributed by atoms with Crippen LogP contribution in [0.5, 0.6) is 5.75 Å². The zero-order chi connectivity index (χ0) is 24.1. The second-order valence-corrected chi connectivity index (χ2v) is 9.55. The summed E-state index contributed by atoms with van der Waals surface area (Å²) in [6.45, 7) is 5.51. The quantitative estimate of drug-likeness (QED) is 0.331. The van der Waals surface area contributed by atoms with Gasteiger partial charge in [-0.3, -0.25) is 4.79 Å². The van der Waals surface area contributed by atoms with E-state index in [4.69, 9.17) is 16.3 Å².